The van der Waals surface area contributed by atoms with Gasteiger partial charge in [0.2, 0.25) is 0 Å². The lowest BCUT2D eigenvalue weighted by Crippen LogP contribution is -2.17. The molecule has 0 saturated heterocycles. The molecule has 3 aromatic rings. The highest BCUT2D eigenvalue weighted by atomic mass is 14.8. The second-order valence-electron chi connectivity index (χ2n) is 6.59. The number of unbranched alkanes of at least 4 members (excludes halogenated alkanes) is 1. The molecule has 0 amide bonds. The van der Waals surface area contributed by atoms with Gasteiger partial charge in [0.1, 0.15) is 6.33 Å². The maximum Gasteiger partial charge on any atom is 0.115 e. The van der Waals surface area contributed by atoms with Crippen molar-refractivity contribution in [3.05, 3.63) is 102 Å². The van der Waals surface area contributed by atoms with Crippen LogP contribution in [0.25, 0.3) is 5.57 Å². The van der Waals surface area contributed by atoms with Crippen LogP contribution in [0.15, 0.2) is 85.5 Å². The van der Waals surface area contributed by atoms with E-state index in [4.69, 9.17) is 0 Å². The zero-order valence-corrected chi connectivity index (χ0v) is 15.7. The topological polar surface area (TPSA) is 37.8 Å². The molecule has 2 aromatic carbocycles. The van der Waals surface area contributed by atoms with Gasteiger partial charge in [-0.2, -0.15) is 0 Å². The van der Waals surface area contributed by atoms with Crippen LogP contribution in [-0.2, 0) is 6.42 Å². The first-order valence-electron chi connectivity index (χ1n) is 9.69. The molecular weight excluding hydrogens is 330 g/mol. The van der Waals surface area contributed by atoms with Crippen LogP contribution in [0.1, 0.15) is 36.0 Å². The van der Waals surface area contributed by atoms with Gasteiger partial charge in [0.25, 0.3) is 0 Å². The molecule has 1 aromatic heterocycles. The highest BCUT2D eigenvalue weighted by Gasteiger charge is 2.03. The summed E-state index contributed by atoms with van der Waals surface area (Å²) in [5.41, 5.74) is 5.08. The Kier molecular flexibility index (Phi) is 7.77. The van der Waals surface area contributed by atoms with Gasteiger partial charge in [-0.15, -0.1) is 0 Å². The average molecular weight is 358 g/mol. The summed E-state index contributed by atoms with van der Waals surface area (Å²) in [4.78, 5) is 8.11. The summed E-state index contributed by atoms with van der Waals surface area (Å²) >= 11 is 0. The van der Waals surface area contributed by atoms with Gasteiger partial charge in [-0.3, -0.25) is 0 Å². The standard InChI is InChI=1S/C24H27N3/c1-3-11-22(12-4-1)24(23-13-5-2-6-14-23)15-7-8-16-25-17-9-10-21-18-26-20-27-19-21/h1-6,11-15,18-20,25H,7-10,16-17H2. The van der Waals surface area contributed by atoms with Crippen molar-refractivity contribution in [1.29, 1.82) is 0 Å². The van der Waals surface area contributed by atoms with Crippen LogP contribution >= 0.6 is 0 Å². The molecule has 0 saturated carbocycles. The summed E-state index contributed by atoms with van der Waals surface area (Å²) in [6.45, 7) is 2.07. The lowest BCUT2D eigenvalue weighted by atomic mass is 9.96. The van der Waals surface area contributed by atoms with E-state index in [0.29, 0.717) is 0 Å². The second-order valence-corrected chi connectivity index (χ2v) is 6.59. The van der Waals surface area contributed by atoms with Gasteiger partial charge >= 0.3 is 0 Å². The van der Waals surface area contributed by atoms with Crippen molar-refractivity contribution in [3.63, 3.8) is 0 Å². The van der Waals surface area contributed by atoms with Crippen LogP contribution in [-0.4, -0.2) is 23.1 Å². The van der Waals surface area contributed by atoms with Crippen LogP contribution in [0.2, 0.25) is 0 Å². The summed E-state index contributed by atoms with van der Waals surface area (Å²) in [7, 11) is 0. The number of aryl methyl sites for hydroxylation is 1. The first kappa shape index (κ1) is 19.0. The summed E-state index contributed by atoms with van der Waals surface area (Å²) in [5, 5.41) is 3.54. The molecule has 27 heavy (non-hydrogen) atoms. The van der Waals surface area contributed by atoms with Gasteiger partial charge in [0.15, 0.2) is 0 Å². The Hall–Kier alpha value is -2.78. The predicted octanol–water partition coefficient (Wildman–Crippen LogP) is 4.91. The molecule has 0 aliphatic rings. The smallest absolute Gasteiger partial charge is 0.115 e. The number of benzene rings is 2. The molecule has 0 aliphatic carbocycles. The number of hydrogen-bond donors (Lipinski definition) is 1. The Labute approximate surface area is 162 Å². The fourth-order valence-corrected chi connectivity index (χ4v) is 3.11. The van der Waals surface area contributed by atoms with Crippen LogP contribution in [0.5, 0.6) is 0 Å². The van der Waals surface area contributed by atoms with Crippen LogP contribution in [0.4, 0.5) is 0 Å². The monoisotopic (exact) mass is 357 g/mol. The largest absolute Gasteiger partial charge is 0.317 e. The van der Waals surface area contributed by atoms with Crippen molar-refractivity contribution in [2.45, 2.75) is 25.7 Å². The molecule has 3 nitrogen and oxygen atoms in total. The summed E-state index contributed by atoms with van der Waals surface area (Å²) in [6.07, 6.45) is 12.1. The maximum atomic E-state index is 4.05. The lowest BCUT2D eigenvalue weighted by molar-refractivity contribution is 0.625. The van der Waals surface area contributed by atoms with Gasteiger partial charge in [0.05, 0.1) is 0 Å². The molecule has 1 heterocycles. The first-order chi connectivity index (χ1) is 13.4. The van der Waals surface area contributed by atoms with Crippen molar-refractivity contribution in [3.8, 4) is 0 Å². The van der Waals surface area contributed by atoms with Gasteiger partial charge in [-0.1, -0.05) is 66.7 Å². The van der Waals surface area contributed by atoms with E-state index in [-0.39, 0.29) is 0 Å². The first-order valence-corrected chi connectivity index (χ1v) is 9.69. The summed E-state index contributed by atoms with van der Waals surface area (Å²) in [5.74, 6) is 0. The molecule has 0 atom stereocenters. The Morgan fingerprint density at radius 1 is 0.778 bits per heavy atom. The SMILES string of the molecule is C(CCCNCCCc1cncnc1)=C(c1ccccc1)c1ccccc1. The van der Waals surface area contributed by atoms with Gasteiger partial charge in [-0.05, 0) is 61.0 Å². The minimum absolute atomic E-state index is 1.03. The third-order valence-corrected chi connectivity index (χ3v) is 4.51. The van der Waals surface area contributed by atoms with E-state index in [9.17, 15) is 0 Å². The zero-order chi connectivity index (χ0) is 18.6. The van der Waals surface area contributed by atoms with Gasteiger partial charge in [0, 0.05) is 12.4 Å². The van der Waals surface area contributed by atoms with Crippen molar-refractivity contribution in [2.24, 2.45) is 0 Å². The molecule has 0 spiro atoms. The highest BCUT2D eigenvalue weighted by molar-refractivity contribution is 5.79. The van der Waals surface area contributed by atoms with Crippen molar-refractivity contribution >= 4 is 5.57 Å². The lowest BCUT2D eigenvalue weighted by Gasteiger charge is -2.09. The van der Waals surface area contributed by atoms with Crippen molar-refractivity contribution < 1.29 is 0 Å². The number of hydrogen-bond acceptors (Lipinski definition) is 3. The van der Waals surface area contributed by atoms with Crippen LogP contribution in [0, 0.1) is 0 Å². The van der Waals surface area contributed by atoms with Gasteiger partial charge in [-0.25, -0.2) is 9.97 Å². The molecule has 0 unspecified atom stereocenters. The minimum Gasteiger partial charge on any atom is -0.317 e. The van der Waals surface area contributed by atoms with E-state index < -0.39 is 0 Å². The highest BCUT2D eigenvalue weighted by Crippen LogP contribution is 2.23. The maximum absolute atomic E-state index is 4.05. The number of rotatable bonds is 10. The molecule has 0 aliphatic heterocycles. The molecule has 0 fully saturated rings. The molecular formula is C24H27N3. The van der Waals surface area contributed by atoms with Crippen LogP contribution in [0.3, 0.4) is 0 Å². The zero-order valence-electron chi connectivity index (χ0n) is 15.7. The Morgan fingerprint density at radius 3 is 2.00 bits per heavy atom. The number of nitrogens with zero attached hydrogens (tertiary/aromatic N) is 2. The molecule has 1 N–H and O–H groups in total. The quantitative estimate of drug-likeness (QED) is 0.524. The summed E-state index contributed by atoms with van der Waals surface area (Å²) < 4.78 is 0. The number of nitrogens with one attached hydrogen (secondary N) is 1. The molecule has 3 rings (SSSR count). The second kappa shape index (κ2) is 11.0. The molecule has 138 valence electrons. The molecule has 0 bridgehead atoms. The minimum atomic E-state index is 1.03. The van der Waals surface area contributed by atoms with E-state index >= 15 is 0 Å². The van der Waals surface area contributed by atoms with E-state index in [1.54, 1.807) is 6.33 Å². The third-order valence-electron chi connectivity index (χ3n) is 4.51. The Morgan fingerprint density at radius 2 is 1.37 bits per heavy atom. The summed E-state index contributed by atoms with van der Waals surface area (Å²) in [6, 6.07) is 21.3. The van der Waals surface area contributed by atoms with E-state index in [0.717, 1.165) is 38.8 Å². The number of allylic oxidation sites excluding steroid dienone is 1. The van der Waals surface area contributed by atoms with E-state index in [1.165, 1.54) is 22.3 Å². The van der Waals surface area contributed by atoms with E-state index in [2.05, 4.69) is 82.0 Å². The predicted molar refractivity (Wildman–Crippen MR) is 112 cm³/mol. The third kappa shape index (κ3) is 6.46. The normalized spacial score (nSPS) is 10.5. The fourth-order valence-electron chi connectivity index (χ4n) is 3.11. The fraction of sp³-hybridized carbons (Fsp3) is 0.250. The van der Waals surface area contributed by atoms with Crippen molar-refractivity contribution in [1.82, 2.24) is 15.3 Å². The van der Waals surface area contributed by atoms with Gasteiger partial charge < -0.3 is 5.32 Å². The van der Waals surface area contributed by atoms with Crippen LogP contribution < -0.4 is 5.32 Å². The Balaban J connectivity index is 1.44. The van der Waals surface area contributed by atoms with Crippen molar-refractivity contribution in [2.75, 3.05) is 13.1 Å². The molecule has 0 radical (unpaired) electrons. The average Bonchev–Trinajstić information content (AvgIpc) is 2.75. The Bertz CT molecular complexity index is 757. The van der Waals surface area contributed by atoms with E-state index in [1.807, 2.05) is 12.4 Å². The molecule has 3 heteroatoms. The number of aromatic nitrogens is 2.